The zero-order valence-corrected chi connectivity index (χ0v) is 11.2. The van der Waals surface area contributed by atoms with Crippen molar-refractivity contribution in [3.8, 4) is 0 Å². The van der Waals surface area contributed by atoms with Crippen LogP contribution in [0.3, 0.4) is 0 Å². The molecule has 1 fully saturated rings. The smallest absolute Gasteiger partial charge is 0.228 e. The summed E-state index contributed by atoms with van der Waals surface area (Å²) in [6.07, 6.45) is 4.55. The van der Waals surface area contributed by atoms with Crippen molar-refractivity contribution in [2.45, 2.75) is 25.7 Å². The Labute approximate surface area is 114 Å². The zero-order valence-electron chi connectivity index (χ0n) is 10.4. The van der Waals surface area contributed by atoms with Crippen LogP contribution in [0.4, 0.5) is 5.69 Å². The minimum atomic E-state index is 0. The van der Waals surface area contributed by atoms with Crippen LogP contribution < -0.4 is 10.6 Å². The highest BCUT2D eigenvalue weighted by Crippen LogP contribution is 2.25. The Morgan fingerprint density at radius 3 is 2.89 bits per heavy atom. The topological polar surface area (TPSA) is 41.1 Å². The number of benzene rings is 1. The normalized spacial score (nSPS) is 21.2. The lowest BCUT2D eigenvalue weighted by atomic mass is 10.1. The maximum absolute atomic E-state index is 12.0. The van der Waals surface area contributed by atoms with Crippen molar-refractivity contribution in [3.05, 3.63) is 29.3 Å². The van der Waals surface area contributed by atoms with Crippen LogP contribution in [0.5, 0.6) is 0 Å². The SMILES string of the molecule is Cl.O=C(Nc1ccc2c(c1)CCC2)C1CCNC1. The lowest BCUT2D eigenvalue weighted by molar-refractivity contribution is -0.119. The van der Waals surface area contributed by atoms with Gasteiger partial charge in [0.25, 0.3) is 0 Å². The van der Waals surface area contributed by atoms with Gasteiger partial charge in [0.05, 0.1) is 5.92 Å². The Morgan fingerprint density at radius 2 is 2.11 bits per heavy atom. The molecule has 1 aromatic rings. The second-order valence-electron chi connectivity index (χ2n) is 5.02. The first kappa shape index (κ1) is 13.4. The number of halogens is 1. The molecule has 0 radical (unpaired) electrons. The molecule has 3 rings (SSSR count). The first-order chi connectivity index (χ1) is 8.33. The van der Waals surface area contributed by atoms with Gasteiger partial charge >= 0.3 is 0 Å². The summed E-state index contributed by atoms with van der Waals surface area (Å²) in [7, 11) is 0. The molecule has 18 heavy (non-hydrogen) atoms. The fraction of sp³-hybridized carbons (Fsp3) is 0.500. The average Bonchev–Trinajstić information content (AvgIpc) is 2.99. The number of hydrogen-bond acceptors (Lipinski definition) is 2. The highest BCUT2D eigenvalue weighted by atomic mass is 35.5. The molecule has 1 heterocycles. The average molecular weight is 267 g/mol. The standard InChI is InChI=1S/C14H18N2O.ClH/c17-14(12-6-7-15-9-12)16-13-5-4-10-2-1-3-11(10)8-13;/h4-5,8,12,15H,1-3,6-7,9H2,(H,16,17);1H. The number of rotatable bonds is 2. The first-order valence-electron chi connectivity index (χ1n) is 6.46. The molecule has 0 saturated carbocycles. The molecule has 1 aromatic carbocycles. The van der Waals surface area contributed by atoms with Gasteiger partial charge in [-0.25, -0.2) is 0 Å². The van der Waals surface area contributed by atoms with Crippen LogP contribution in [0, 0.1) is 5.92 Å². The molecule has 2 N–H and O–H groups in total. The lowest BCUT2D eigenvalue weighted by Gasteiger charge is -2.11. The van der Waals surface area contributed by atoms with E-state index in [4.69, 9.17) is 0 Å². The van der Waals surface area contributed by atoms with Crippen molar-refractivity contribution < 1.29 is 4.79 Å². The van der Waals surface area contributed by atoms with Gasteiger partial charge in [0, 0.05) is 12.2 Å². The van der Waals surface area contributed by atoms with E-state index >= 15 is 0 Å². The van der Waals surface area contributed by atoms with Crippen LogP contribution >= 0.6 is 12.4 Å². The second kappa shape index (κ2) is 5.72. The highest BCUT2D eigenvalue weighted by Gasteiger charge is 2.22. The van der Waals surface area contributed by atoms with Crippen LogP contribution in [0.2, 0.25) is 0 Å². The largest absolute Gasteiger partial charge is 0.326 e. The Morgan fingerprint density at radius 1 is 1.28 bits per heavy atom. The highest BCUT2D eigenvalue weighted by molar-refractivity contribution is 5.93. The Balaban J connectivity index is 0.00000120. The van der Waals surface area contributed by atoms with Crippen LogP contribution in [-0.4, -0.2) is 19.0 Å². The number of aryl methyl sites for hydroxylation is 2. The van der Waals surface area contributed by atoms with E-state index in [2.05, 4.69) is 22.8 Å². The maximum Gasteiger partial charge on any atom is 0.228 e. The molecule has 1 saturated heterocycles. The summed E-state index contributed by atoms with van der Waals surface area (Å²) in [5.41, 5.74) is 3.82. The zero-order chi connectivity index (χ0) is 11.7. The molecule has 1 unspecified atom stereocenters. The van der Waals surface area contributed by atoms with E-state index in [0.29, 0.717) is 0 Å². The van der Waals surface area contributed by atoms with Gasteiger partial charge in [-0.3, -0.25) is 4.79 Å². The molecule has 1 aliphatic heterocycles. The molecule has 1 atom stereocenters. The molecule has 0 bridgehead atoms. The summed E-state index contributed by atoms with van der Waals surface area (Å²) in [5.74, 6) is 0.302. The number of anilines is 1. The number of carbonyl (C=O) groups is 1. The summed E-state index contributed by atoms with van der Waals surface area (Å²) in [6, 6.07) is 6.33. The van der Waals surface area contributed by atoms with E-state index in [0.717, 1.165) is 31.6 Å². The van der Waals surface area contributed by atoms with Crippen molar-refractivity contribution in [2.24, 2.45) is 5.92 Å². The predicted molar refractivity (Wildman–Crippen MR) is 75.3 cm³/mol. The van der Waals surface area contributed by atoms with Crippen molar-refractivity contribution in [2.75, 3.05) is 18.4 Å². The van der Waals surface area contributed by atoms with Crippen molar-refractivity contribution in [3.63, 3.8) is 0 Å². The fourth-order valence-electron chi connectivity index (χ4n) is 2.77. The van der Waals surface area contributed by atoms with Crippen LogP contribution in [0.15, 0.2) is 18.2 Å². The van der Waals surface area contributed by atoms with Crippen molar-refractivity contribution >= 4 is 24.0 Å². The molecule has 98 valence electrons. The van der Waals surface area contributed by atoms with Gasteiger partial charge in [-0.15, -0.1) is 12.4 Å². The van der Waals surface area contributed by atoms with Gasteiger partial charge in [0.1, 0.15) is 0 Å². The van der Waals surface area contributed by atoms with Crippen LogP contribution in [0.1, 0.15) is 24.0 Å². The summed E-state index contributed by atoms with van der Waals surface area (Å²) < 4.78 is 0. The second-order valence-corrected chi connectivity index (χ2v) is 5.02. The Bertz CT molecular complexity index is 441. The summed E-state index contributed by atoms with van der Waals surface area (Å²) in [5, 5.41) is 6.25. The molecule has 4 heteroatoms. The molecular formula is C14H19ClN2O. The number of fused-ring (bicyclic) bond motifs is 1. The molecule has 2 aliphatic rings. The quantitative estimate of drug-likeness (QED) is 0.861. The Kier molecular flexibility index (Phi) is 4.25. The van der Waals surface area contributed by atoms with Gasteiger partial charge < -0.3 is 10.6 Å². The first-order valence-corrected chi connectivity index (χ1v) is 6.46. The number of carbonyl (C=O) groups excluding carboxylic acids is 1. The number of amides is 1. The summed E-state index contributed by atoms with van der Waals surface area (Å²) in [4.78, 5) is 12.0. The Hall–Kier alpha value is -1.06. The predicted octanol–water partition coefficient (Wildman–Crippen LogP) is 2.15. The van der Waals surface area contributed by atoms with Gasteiger partial charge in [-0.2, -0.15) is 0 Å². The van der Waals surface area contributed by atoms with Gasteiger partial charge in [0.15, 0.2) is 0 Å². The van der Waals surface area contributed by atoms with E-state index in [1.54, 1.807) is 0 Å². The van der Waals surface area contributed by atoms with Gasteiger partial charge in [0.2, 0.25) is 5.91 Å². The van der Waals surface area contributed by atoms with E-state index in [-0.39, 0.29) is 24.2 Å². The maximum atomic E-state index is 12.0. The lowest BCUT2D eigenvalue weighted by Crippen LogP contribution is -2.24. The minimum Gasteiger partial charge on any atom is -0.326 e. The van der Waals surface area contributed by atoms with E-state index < -0.39 is 0 Å². The summed E-state index contributed by atoms with van der Waals surface area (Å²) >= 11 is 0. The van der Waals surface area contributed by atoms with Crippen molar-refractivity contribution in [1.82, 2.24) is 5.32 Å². The minimum absolute atomic E-state index is 0. The fourth-order valence-corrected chi connectivity index (χ4v) is 2.77. The number of nitrogens with one attached hydrogen (secondary N) is 2. The monoisotopic (exact) mass is 266 g/mol. The molecule has 0 aromatic heterocycles. The van der Waals surface area contributed by atoms with Crippen molar-refractivity contribution in [1.29, 1.82) is 0 Å². The van der Waals surface area contributed by atoms with Gasteiger partial charge in [-0.05, 0) is 55.5 Å². The van der Waals surface area contributed by atoms with E-state index in [9.17, 15) is 4.79 Å². The molecule has 1 amide bonds. The van der Waals surface area contributed by atoms with E-state index in [1.165, 1.54) is 24.0 Å². The van der Waals surface area contributed by atoms with Gasteiger partial charge in [-0.1, -0.05) is 6.07 Å². The van der Waals surface area contributed by atoms with Crippen LogP contribution in [-0.2, 0) is 17.6 Å². The summed E-state index contributed by atoms with van der Waals surface area (Å²) in [6.45, 7) is 1.78. The molecular weight excluding hydrogens is 248 g/mol. The third-order valence-corrected chi connectivity index (χ3v) is 3.80. The van der Waals surface area contributed by atoms with Crippen LogP contribution in [0.25, 0.3) is 0 Å². The third kappa shape index (κ3) is 2.68. The molecule has 0 spiro atoms. The van der Waals surface area contributed by atoms with E-state index in [1.807, 2.05) is 6.07 Å². The molecule has 3 nitrogen and oxygen atoms in total. The number of hydrogen-bond donors (Lipinski definition) is 2. The molecule has 1 aliphatic carbocycles. The third-order valence-electron chi connectivity index (χ3n) is 3.80.